The molecule has 6 heteroatoms. The Morgan fingerprint density at radius 2 is 1.72 bits per heavy atom. The lowest BCUT2D eigenvalue weighted by Gasteiger charge is -2.30. The first-order valence-corrected chi connectivity index (χ1v) is 10.9. The van der Waals surface area contributed by atoms with Gasteiger partial charge in [0, 0.05) is 27.9 Å². The van der Waals surface area contributed by atoms with Gasteiger partial charge in [-0.25, -0.2) is 0 Å². The van der Waals surface area contributed by atoms with Crippen molar-refractivity contribution in [2.75, 3.05) is 23.3 Å². The van der Waals surface area contributed by atoms with Crippen molar-refractivity contribution in [3.63, 3.8) is 0 Å². The Hall–Kier alpha value is -2.48. The van der Waals surface area contributed by atoms with E-state index in [-0.39, 0.29) is 5.91 Å². The molecule has 1 N–H and O–H groups in total. The van der Waals surface area contributed by atoms with Crippen molar-refractivity contribution < 1.29 is 4.79 Å². The van der Waals surface area contributed by atoms with Gasteiger partial charge in [0.25, 0.3) is 5.91 Å². The fraction of sp³-hybridized carbons (Fsp3) is 0.261. The minimum absolute atomic E-state index is 0.109. The maximum atomic E-state index is 12.5. The summed E-state index contributed by atoms with van der Waals surface area (Å²) in [5.74, 6) is 1.63. The molecule has 0 saturated carbocycles. The van der Waals surface area contributed by atoms with E-state index in [0.29, 0.717) is 5.56 Å². The predicted octanol–water partition coefficient (Wildman–Crippen LogP) is 5.24. The number of carbonyl (C=O) groups is 1. The molecule has 148 valence electrons. The van der Waals surface area contributed by atoms with E-state index in [4.69, 9.17) is 0 Å². The molecule has 1 aliphatic rings. The molecule has 1 saturated heterocycles. The summed E-state index contributed by atoms with van der Waals surface area (Å²) in [4.78, 5) is 14.8. The van der Waals surface area contributed by atoms with Gasteiger partial charge in [-0.05, 0) is 77.7 Å². The van der Waals surface area contributed by atoms with E-state index in [2.05, 4.69) is 49.9 Å². The van der Waals surface area contributed by atoms with Crippen molar-refractivity contribution >= 4 is 40.0 Å². The topological polar surface area (TPSA) is 58.1 Å². The van der Waals surface area contributed by atoms with Gasteiger partial charge in [-0.2, -0.15) is 0 Å². The third-order valence-corrected chi connectivity index (χ3v) is 6.26. The van der Waals surface area contributed by atoms with Gasteiger partial charge < -0.3 is 10.2 Å². The minimum atomic E-state index is -0.109. The van der Waals surface area contributed by atoms with Gasteiger partial charge in [-0.15, -0.1) is 10.2 Å². The smallest absolute Gasteiger partial charge is 0.256 e. The molecule has 0 bridgehead atoms. The Bertz CT molecular complexity index is 981. The average Bonchev–Trinajstić information content (AvgIpc) is 2.75. The molecule has 0 atom stereocenters. The lowest BCUT2D eigenvalue weighted by Crippen LogP contribution is -2.33. The second kappa shape index (κ2) is 8.90. The van der Waals surface area contributed by atoms with Crippen molar-refractivity contribution in [2.45, 2.75) is 19.8 Å². The molecule has 0 radical (unpaired) electrons. The summed E-state index contributed by atoms with van der Waals surface area (Å²) in [6.07, 6.45) is 2.41. The molecule has 1 aliphatic heterocycles. The Morgan fingerprint density at radius 3 is 2.38 bits per heavy atom. The fourth-order valence-corrected chi connectivity index (χ4v) is 4.09. The molecule has 1 fully saturated rings. The zero-order chi connectivity index (χ0) is 20.2. The molecule has 1 amide bonds. The molecule has 29 heavy (non-hydrogen) atoms. The highest BCUT2D eigenvalue weighted by Gasteiger charge is 2.17. The van der Waals surface area contributed by atoms with Gasteiger partial charge in [0.05, 0.1) is 11.3 Å². The Kier molecular flexibility index (Phi) is 6.08. The van der Waals surface area contributed by atoms with Gasteiger partial charge in [-0.1, -0.05) is 31.2 Å². The number of hydrogen-bond donors (Lipinski definition) is 1. The number of piperidine rings is 1. The lowest BCUT2D eigenvalue weighted by atomic mass is 9.99. The summed E-state index contributed by atoms with van der Waals surface area (Å²) in [5, 5.41) is 11.8. The number of anilines is 2. The number of amides is 1. The number of halogens is 1. The first-order chi connectivity index (χ1) is 14.1. The lowest BCUT2D eigenvalue weighted by molar-refractivity contribution is 0.102. The summed E-state index contributed by atoms with van der Waals surface area (Å²) in [6.45, 7) is 4.40. The fourth-order valence-electron chi connectivity index (χ4n) is 3.45. The third-order valence-electron chi connectivity index (χ3n) is 5.32. The van der Waals surface area contributed by atoms with E-state index in [1.165, 1.54) is 12.8 Å². The van der Waals surface area contributed by atoms with Crippen LogP contribution in [0, 0.1) is 9.49 Å². The van der Waals surface area contributed by atoms with Crippen LogP contribution in [0.4, 0.5) is 11.5 Å². The van der Waals surface area contributed by atoms with Gasteiger partial charge in [-0.3, -0.25) is 4.79 Å². The number of benzene rings is 2. The maximum absolute atomic E-state index is 12.5. The predicted molar refractivity (Wildman–Crippen MR) is 125 cm³/mol. The zero-order valence-corrected chi connectivity index (χ0v) is 18.5. The molecule has 1 aromatic heterocycles. The van der Waals surface area contributed by atoms with Crippen LogP contribution in [0.2, 0.25) is 0 Å². The summed E-state index contributed by atoms with van der Waals surface area (Å²) in [5.41, 5.74) is 3.23. The van der Waals surface area contributed by atoms with Gasteiger partial charge in [0.1, 0.15) is 0 Å². The van der Waals surface area contributed by atoms with E-state index in [9.17, 15) is 4.79 Å². The highest BCUT2D eigenvalue weighted by Crippen LogP contribution is 2.24. The first kappa shape index (κ1) is 19.8. The third kappa shape index (κ3) is 4.75. The van der Waals surface area contributed by atoms with Crippen LogP contribution in [0.1, 0.15) is 30.1 Å². The Labute approximate surface area is 184 Å². The molecule has 5 nitrogen and oxygen atoms in total. The highest BCUT2D eigenvalue weighted by atomic mass is 127. The zero-order valence-electron chi connectivity index (χ0n) is 16.3. The number of hydrogen-bond acceptors (Lipinski definition) is 4. The first-order valence-electron chi connectivity index (χ1n) is 9.85. The van der Waals surface area contributed by atoms with Crippen LogP contribution >= 0.6 is 22.6 Å². The molecule has 3 aromatic rings. The number of aromatic nitrogens is 2. The van der Waals surface area contributed by atoms with E-state index in [0.717, 1.165) is 45.3 Å². The van der Waals surface area contributed by atoms with Gasteiger partial charge >= 0.3 is 0 Å². The summed E-state index contributed by atoms with van der Waals surface area (Å²) in [6, 6.07) is 19.3. The van der Waals surface area contributed by atoms with Crippen molar-refractivity contribution in [3.05, 3.63) is 69.8 Å². The standard InChI is InChI=1S/C23H23IN4O/c1-16-12-14-28(15-13-16)22-11-10-21(26-27-22)17-6-8-18(9-7-17)25-23(29)19-4-2-3-5-20(19)24/h2-11,16H,12-15H2,1H3,(H,25,29). The molecule has 2 heterocycles. The second-order valence-corrected chi connectivity index (χ2v) is 8.62. The van der Waals surface area contributed by atoms with Crippen molar-refractivity contribution in [1.29, 1.82) is 0 Å². The number of nitrogens with zero attached hydrogens (tertiary/aromatic N) is 3. The van der Waals surface area contributed by atoms with E-state index in [1.807, 2.05) is 60.7 Å². The van der Waals surface area contributed by atoms with Crippen molar-refractivity contribution in [1.82, 2.24) is 10.2 Å². The van der Waals surface area contributed by atoms with Crippen LogP contribution in [0.3, 0.4) is 0 Å². The van der Waals surface area contributed by atoms with Crippen LogP contribution in [0.5, 0.6) is 0 Å². The second-order valence-electron chi connectivity index (χ2n) is 7.46. The quantitative estimate of drug-likeness (QED) is 0.501. The van der Waals surface area contributed by atoms with Crippen molar-refractivity contribution in [2.24, 2.45) is 5.92 Å². The molecule has 4 rings (SSSR count). The van der Waals surface area contributed by atoms with Crippen LogP contribution in [-0.4, -0.2) is 29.2 Å². The van der Waals surface area contributed by atoms with Gasteiger partial charge in [0.2, 0.25) is 0 Å². The Morgan fingerprint density at radius 1 is 1.00 bits per heavy atom. The van der Waals surface area contributed by atoms with Crippen LogP contribution < -0.4 is 10.2 Å². The molecule has 0 spiro atoms. The highest BCUT2D eigenvalue weighted by molar-refractivity contribution is 14.1. The Balaban J connectivity index is 1.42. The summed E-state index contributed by atoms with van der Waals surface area (Å²) in [7, 11) is 0. The molecule has 0 unspecified atom stereocenters. The average molecular weight is 498 g/mol. The SMILES string of the molecule is CC1CCN(c2ccc(-c3ccc(NC(=O)c4ccccc4I)cc3)nn2)CC1. The van der Waals surface area contributed by atoms with Gasteiger partial charge in [0.15, 0.2) is 5.82 Å². The van der Waals surface area contributed by atoms with Crippen molar-refractivity contribution in [3.8, 4) is 11.3 Å². The van der Waals surface area contributed by atoms with Crippen LogP contribution in [-0.2, 0) is 0 Å². The number of rotatable bonds is 4. The van der Waals surface area contributed by atoms with E-state index >= 15 is 0 Å². The number of nitrogens with one attached hydrogen (secondary N) is 1. The molecule has 2 aromatic carbocycles. The molecular weight excluding hydrogens is 475 g/mol. The number of carbonyl (C=O) groups excluding carboxylic acids is 1. The minimum Gasteiger partial charge on any atom is -0.355 e. The molecule has 0 aliphatic carbocycles. The monoisotopic (exact) mass is 498 g/mol. The summed E-state index contributed by atoms with van der Waals surface area (Å²) >= 11 is 2.17. The van der Waals surface area contributed by atoms with E-state index < -0.39 is 0 Å². The largest absolute Gasteiger partial charge is 0.355 e. The van der Waals surface area contributed by atoms with E-state index in [1.54, 1.807) is 0 Å². The van der Waals surface area contributed by atoms with Crippen LogP contribution in [0.15, 0.2) is 60.7 Å². The maximum Gasteiger partial charge on any atom is 0.256 e. The summed E-state index contributed by atoms with van der Waals surface area (Å²) < 4.78 is 0.928. The normalized spacial score (nSPS) is 14.6. The molecular formula is C23H23IN4O. The van der Waals surface area contributed by atoms with Crippen LogP contribution in [0.25, 0.3) is 11.3 Å².